The summed E-state index contributed by atoms with van der Waals surface area (Å²) in [5.74, 6) is 1.90. The number of likely N-dealkylation sites (tertiary alicyclic amines) is 1. The Morgan fingerprint density at radius 2 is 2.00 bits per heavy atom. The monoisotopic (exact) mass is 208 g/mol. The maximum absolute atomic E-state index is 2.82. The summed E-state index contributed by atoms with van der Waals surface area (Å²) in [4.78, 5) is 5.39. The highest BCUT2D eigenvalue weighted by atomic mass is 15.3. The van der Waals surface area contributed by atoms with E-state index in [1.165, 1.54) is 51.9 Å². The summed E-state index contributed by atoms with van der Waals surface area (Å²) in [5.41, 5.74) is 0.545. The van der Waals surface area contributed by atoms with Gasteiger partial charge in [-0.2, -0.15) is 0 Å². The topological polar surface area (TPSA) is 6.48 Å². The molecule has 3 heterocycles. The van der Waals surface area contributed by atoms with Gasteiger partial charge in [-0.3, -0.25) is 4.90 Å². The Hall–Kier alpha value is -0.0800. The van der Waals surface area contributed by atoms with E-state index in [2.05, 4.69) is 23.8 Å². The molecule has 0 unspecified atom stereocenters. The van der Waals surface area contributed by atoms with Gasteiger partial charge in [-0.1, -0.05) is 6.42 Å². The first-order valence-electron chi connectivity index (χ1n) is 6.62. The Morgan fingerprint density at radius 1 is 1.13 bits per heavy atom. The van der Waals surface area contributed by atoms with Gasteiger partial charge >= 0.3 is 0 Å². The standard InChI is InChI=1S/C13H24N2/c1-13-5-3-4-6-15(13)9-11-7-12(13)10-14(2)8-11/h11-12H,3-10H2,1-2H3/t11-,12+,13+/m1/s1. The number of hydrogen-bond acceptors (Lipinski definition) is 2. The van der Waals surface area contributed by atoms with Gasteiger partial charge < -0.3 is 4.90 Å². The van der Waals surface area contributed by atoms with Crippen LogP contribution in [0.3, 0.4) is 0 Å². The van der Waals surface area contributed by atoms with Crippen molar-refractivity contribution >= 4 is 0 Å². The van der Waals surface area contributed by atoms with Crippen molar-refractivity contribution < 1.29 is 0 Å². The number of fused-ring (bicyclic) bond motifs is 4. The molecule has 0 aliphatic carbocycles. The van der Waals surface area contributed by atoms with Gasteiger partial charge in [0.15, 0.2) is 0 Å². The summed E-state index contributed by atoms with van der Waals surface area (Å²) in [6.45, 7) is 7.95. The van der Waals surface area contributed by atoms with Gasteiger partial charge in [0.1, 0.15) is 0 Å². The van der Waals surface area contributed by atoms with Crippen LogP contribution in [0.5, 0.6) is 0 Å². The van der Waals surface area contributed by atoms with E-state index in [0.717, 1.165) is 11.8 Å². The van der Waals surface area contributed by atoms with E-state index in [0.29, 0.717) is 5.54 Å². The van der Waals surface area contributed by atoms with Gasteiger partial charge in [-0.25, -0.2) is 0 Å². The van der Waals surface area contributed by atoms with Crippen LogP contribution in [0, 0.1) is 11.8 Å². The van der Waals surface area contributed by atoms with Gasteiger partial charge in [-0.05, 0) is 51.6 Å². The number of hydrogen-bond donors (Lipinski definition) is 0. The van der Waals surface area contributed by atoms with E-state index in [4.69, 9.17) is 0 Å². The van der Waals surface area contributed by atoms with Gasteiger partial charge in [0.2, 0.25) is 0 Å². The molecule has 0 N–H and O–H groups in total. The summed E-state index contributed by atoms with van der Waals surface area (Å²) in [6, 6.07) is 0. The smallest absolute Gasteiger partial charge is 0.0222 e. The molecular weight excluding hydrogens is 184 g/mol. The average molecular weight is 208 g/mol. The van der Waals surface area contributed by atoms with Gasteiger partial charge in [0.25, 0.3) is 0 Å². The molecule has 2 heteroatoms. The lowest BCUT2D eigenvalue weighted by atomic mass is 9.68. The minimum absolute atomic E-state index is 0.545. The zero-order chi connectivity index (χ0) is 10.5. The normalized spacial score (nSPS) is 47.6. The van der Waals surface area contributed by atoms with E-state index in [1.54, 1.807) is 0 Å². The largest absolute Gasteiger partial charge is 0.306 e. The Kier molecular flexibility index (Phi) is 2.33. The number of rotatable bonds is 0. The highest BCUT2D eigenvalue weighted by Gasteiger charge is 2.48. The fraction of sp³-hybridized carbons (Fsp3) is 1.00. The number of nitrogens with zero attached hydrogens (tertiary/aromatic N) is 2. The summed E-state index contributed by atoms with van der Waals surface area (Å²) in [7, 11) is 2.31. The molecule has 3 saturated heterocycles. The van der Waals surface area contributed by atoms with E-state index in [1.807, 2.05) is 0 Å². The zero-order valence-electron chi connectivity index (χ0n) is 10.2. The molecule has 0 aromatic carbocycles. The first kappa shape index (κ1) is 10.1. The van der Waals surface area contributed by atoms with Gasteiger partial charge in [-0.15, -0.1) is 0 Å². The Bertz CT molecular complexity index is 251. The molecule has 86 valence electrons. The van der Waals surface area contributed by atoms with Crippen molar-refractivity contribution in [3.05, 3.63) is 0 Å². The van der Waals surface area contributed by atoms with Crippen LogP contribution >= 0.6 is 0 Å². The Morgan fingerprint density at radius 3 is 2.87 bits per heavy atom. The van der Waals surface area contributed by atoms with Gasteiger partial charge in [0, 0.05) is 25.2 Å². The molecule has 2 bridgehead atoms. The van der Waals surface area contributed by atoms with Gasteiger partial charge in [0.05, 0.1) is 0 Å². The molecule has 0 saturated carbocycles. The first-order valence-corrected chi connectivity index (χ1v) is 6.62. The second-order valence-corrected chi connectivity index (χ2v) is 6.28. The third-order valence-corrected chi connectivity index (χ3v) is 5.16. The Labute approximate surface area is 93.6 Å². The molecule has 0 aromatic rings. The van der Waals surface area contributed by atoms with Crippen molar-refractivity contribution in [2.24, 2.45) is 11.8 Å². The van der Waals surface area contributed by atoms with E-state index >= 15 is 0 Å². The predicted molar refractivity (Wildman–Crippen MR) is 62.9 cm³/mol. The highest BCUT2D eigenvalue weighted by Crippen LogP contribution is 2.44. The van der Waals surface area contributed by atoms with Crippen LogP contribution in [0.2, 0.25) is 0 Å². The first-order chi connectivity index (χ1) is 7.18. The number of piperidine rings is 3. The minimum atomic E-state index is 0.545. The lowest BCUT2D eigenvalue weighted by molar-refractivity contribution is -0.0824. The molecule has 3 fully saturated rings. The zero-order valence-corrected chi connectivity index (χ0v) is 10.2. The molecule has 3 atom stereocenters. The fourth-order valence-electron chi connectivity index (χ4n) is 4.30. The summed E-state index contributed by atoms with van der Waals surface area (Å²) in [6.07, 6.45) is 5.83. The third kappa shape index (κ3) is 1.53. The van der Waals surface area contributed by atoms with Crippen LogP contribution in [-0.2, 0) is 0 Å². The van der Waals surface area contributed by atoms with Crippen LogP contribution in [0.4, 0.5) is 0 Å². The second kappa shape index (κ2) is 3.46. The third-order valence-electron chi connectivity index (χ3n) is 5.16. The van der Waals surface area contributed by atoms with E-state index in [9.17, 15) is 0 Å². The maximum atomic E-state index is 2.82. The predicted octanol–water partition coefficient (Wildman–Crippen LogP) is 1.81. The molecule has 0 amide bonds. The SMILES string of the molecule is CN1C[C@H]2C[C@@H](C1)[C@]1(C)CCCCN1C2. The minimum Gasteiger partial charge on any atom is -0.306 e. The van der Waals surface area contributed by atoms with Crippen molar-refractivity contribution in [2.45, 2.75) is 38.1 Å². The van der Waals surface area contributed by atoms with Crippen LogP contribution < -0.4 is 0 Å². The highest BCUT2D eigenvalue weighted by molar-refractivity contribution is 5.03. The quantitative estimate of drug-likeness (QED) is 0.599. The molecule has 3 aliphatic heterocycles. The molecule has 3 aliphatic rings. The van der Waals surface area contributed by atoms with Crippen LogP contribution in [0.1, 0.15) is 32.6 Å². The second-order valence-electron chi connectivity index (χ2n) is 6.28. The summed E-state index contributed by atoms with van der Waals surface area (Å²) >= 11 is 0. The average Bonchev–Trinajstić information content (AvgIpc) is 2.20. The maximum Gasteiger partial charge on any atom is 0.0222 e. The lowest BCUT2D eigenvalue weighted by Crippen LogP contribution is -2.64. The van der Waals surface area contributed by atoms with Crippen molar-refractivity contribution in [3.63, 3.8) is 0 Å². The van der Waals surface area contributed by atoms with Crippen molar-refractivity contribution in [3.8, 4) is 0 Å². The van der Waals surface area contributed by atoms with Crippen LogP contribution in [-0.4, -0.2) is 48.6 Å². The van der Waals surface area contributed by atoms with E-state index in [-0.39, 0.29) is 0 Å². The fourth-order valence-corrected chi connectivity index (χ4v) is 4.30. The summed E-state index contributed by atoms with van der Waals surface area (Å²) < 4.78 is 0. The van der Waals surface area contributed by atoms with Crippen molar-refractivity contribution in [2.75, 3.05) is 33.2 Å². The molecule has 15 heavy (non-hydrogen) atoms. The molecule has 0 radical (unpaired) electrons. The Balaban J connectivity index is 1.85. The van der Waals surface area contributed by atoms with Crippen LogP contribution in [0.15, 0.2) is 0 Å². The summed E-state index contributed by atoms with van der Waals surface area (Å²) in [5, 5.41) is 0. The van der Waals surface area contributed by atoms with Crippen LogP contribution in [0.25, 0.3) is 0 Å². The molecule has 3 rings (SSSR count). The molecular formula is C13H24N2. The van der Waals surface area contributed by atoms with Crippen molar-refractivity contribution in [1.29, 1.82) is 0 Å². The lowest BCUT2D eigenvalue weighted by Gasteiger charge is -2.58. The molecule has 0 spiro atoms. The van der Waals surface area contributed by atoms with E-state index < -0.39 is 0 Å². The van der Waals surface area contributed by atoms with Crippen molar-refractivity contribution in [1.82, 2.24) is 9.80 Å². The molecule has 0 aromatic heterocycles. The molecule has 2 nitrogen and oxygen atoms in total.